The third-order valence-corrected chi connectivity index (χ3v) is 6.00. The fraction of sp³-hybridized carbons (Fsp3) is 0.375. The molecule has 1 aliphatic carbocycles. The van der Waals surface area contributed by atoms with E-state index in [1.165, 1.54) is 0 Å². The Kier molecular flexibility index (Phi) is 6.41. The van der Waals surface area contributed by atoms with Gasteiger partial charge < -0.3 is 25.2 Å². The molecule has 8 heteroatoms. The molecular formula is C24H26N2O6. The summed E-state index contributed by atoms with van der Waals surface area (Å²) >= 11 is 0. The van der Waals surface area contributed by atoms with E-state index in [1.54, 1.807) is 0 Å². The molecule has 0 saturated carbocycles. The number of fused-ring (bicyclic) bond motifs is 3. The van der Waals surface area contributed by atoms with Gasteiger partial charge in [0.15, 0.2) is 5.54 Å². The smallest absolute Gasteiger partial charge is 0.407 e. The van der Waals surface area contributed by atoms with Crippen LogP contribution in [0.4, 0.5) is 4.79 Å². The molecule has 32 heavy (non-hydrogen) atoms. The molecule has 168 valence electrons. The lowest BCUT2D eigenvalue weighted by molar-refractivity contribution is -0.147. The maximum Gasteiger partial charge on any atom is 0.407 e. The number of carbonyl (C=O) groups excluding carboxylic acids is 2. The number of rotatable bonds is 8. The first-order chi connectivity index (χ1) is 15.5. The molecule has 1 atom stereocenters. The van der Waals surface area contributed by atoms with E-state index in [0.717, 1.165) is 22.3 Å². The number of nitrogens with one attached hydrogen (secondary N) is 2. The fourth-order valence-corrected chi connectivity index (χ4v) is 4.30. The van der Waals surface area contributed by atoms with E-state index in [1.807, 2.05) is 24.3 Å². The van der Waals surface area contributed by atoms with Crippen molar-refractivity contribution < 1.29 is 29.0 Å². The van der Waals surface area contributed by atoms with E-state index in [2.05, 4.69) is 34.9 Å². The van der Waals surface area contributed by atoms with Crippen molar-refractivity contribution in [2.24, 2.45) is 0 Å². The lowest BCUT2D eigenvalue weighted by atomic mass is 9.98. The Balaban J connectivity index is 1.22. The second-order valence-electron chi connectivity index (χ2n) is 8.09. The van der Waals surface area contributed by atoms with Gasteiger partial charge in [0, 0.05) is 31.9 Å². The highest BCUT2D eigenvalue weighted by Crippen LogP contribution is 2.44. The zero-order chi connectivity index (χ0) is 22.6. The number of hydrogen-bond acceptors (Lipinski definition) is 5. The van der Waals surface area contributed by atoms with E-state index >= 15 is 0 Å². The summed E-state index contributed by atoms with van der Waals surface area (Å²) in [7, 11) is 0. The number of amides is 2. The van der Waals surface area contributed by atoms with Crippen LogP contribution in [0.2, 0.25) is 0 Å². The molecule has 0 spiro atoms. The van der Waals surface area contributed by atoms with Gasteiger partial charge in [0.2, 0.25) is 5.91 Å². The summed E-state index contributed by atoms with van der Waals surface area (Å²) < 4.78 is 10.6. The molecule has 0 radical (unpaired) electrons. The number of ether oxygens (including phenoxy) is 2. The molecule has 1 aliphatic heterocycles. The summed E-state index contributed by atoms with van der Waals surface area (Å²) in [6, 6.07) is 16.2. The summed E-state index contributed by atoms with van der Waals surface area (Å²) in [4.78, 5) is 35.7. The van der Waals surface area contributed by atoms with Gasteiger partial charge in [-0.3, -0.25) is 4.79 Å². The highest BCUT2D eigenvalue weighted by molar-refractivity contribution is 5.87. The number of carboxylic acid groups (broad SMARTS) is 1. The van der Waals surface area contributed by atoms with Gasteiger partial charge in [-0.2, -0.15) is 0 Å². The minimum atomic E-state index is -1.35. The van der Waals surface area contributed by atoms with Gasteiger partial charge in [-0.25, -0.2) is 9.59 Å². The third-order valence-electron chi connectivity index (χ3n) is 6.00. The molecule has 8 nitrogen and oxygen atoms in total. The minimum Gasteiger partial charge on any atom is -0.479 e. The Labute approximate surface area is 185 Å². The zero-order valence-electron chi connectivity index (χ0n) is 17.6. The molecule has 2 aromatic carbocycles. The molecule has 4 rings (SSSR count). The SMILES string of the molecule is O=C(CCCNC(=O)OCC1c2ccccc2-c2ccccc21)NC1(C(=O)O)CCOC1. The molecule has 1 fully saturated rings. The number of alkyl carbamates (subject to hydrolysis) is 1. The summed E-state index contributed by atoms with van der Waals surface area (Å²) in [6.45, 7) is 0.740. The van der Waals surface area contributed by atoms with Crippen LogP contribution in [-0.2, 0) is 19.1 Å². The number of aliphatic carboxylic acids is 1. The normalized spacial score (nSPS) is 19.1. The van der Waals surface area contributed by atoms with Crippen LogP contribution >= 0.6 is 0 Å². The molecule has 1 heterocycles. The van der Waals surface area contributed by atoms with Crippen LogP contribution in [-0.4, -0.2) is 55.0 Å². The Morgan fingerprint density at radius 3 is 2.31 bits per heavy atom. The predicted molar refractivity (Wildman–Crippen MR) is 116 cm³/mol. The van der Waals surface area contributed by atoms with Gasteiger partial charge in [0.05, 0.1) is 6.61 Å². The molecule has 1 unspecified atom stereocenters. The average molecular weight is 438 g/mol. The van der Waals surface area contributed by atoms with Crippen LogP contribution in [0.1, 0.15) is 36.3 Å². The van der Waals surface area contributed by atoms with Gasteiger partial charge in [-0.05, 0) is 28.7 Å². The van der Waals surface area contributed by atoms with Crippen molar-refractivity contribution in [3.63, 3.8) is 0 Å². The second kappa shape index (κ2) is 9.40. The monoisotopic (exact) mass is 438 g/mol. The summed E-state index contributed by atoms with van der Waals surface area (Å²) in [5.41, 5.74) is 3.25. The number of benzene rings is 2. The zero-order valence-corrected chi connectivity index (χ0v) is 17.6. The van der Waals surface area contributed by atoms with Crippen LogP contribution in [0, 0.1) is 0 Å². The quantitative estimate of drug-likeness (QED) is 0.546. The van der Waals surface area contributed by atoms with Gasteiger partial charge >= 0.3 is 12.1 Å². The van der Waals surface area contributed by atoms with Crippen LogP contribution in [0.25, 0.3) is 11.1 Å². The number of carbonyl (C=O) groups is 3. The highest BCUT2D eigenvalue weighted by Gasteiger charge is 2.43. The standard InChI is InChI=1S/C24H26N2O6/c27-21(26-24(22(28)29)11-13-31-15-24)10-5-12-25-23(30)32-14-20-18-8-3-1-6-16(18)17-7-2-4-9-19(17)20/h1-4,6-9,20H,5,10-15H2,(H,25,30)(H,26,27)(H,28,29). The molecular weight excluding hydrogens is 412 g/mol. The van der Waals surface area contributed by atoms with Gasteiger partial charge in [0.1, 0.15) is 6.61 Å². The predicted octanol–water partition coefficient (Wildman–Crippen LogP) is 2.67. The highest BCUT2D eigenvalue weighted by atomic mass is 16.5. The van der Waals surface area contributed by atoms with Crippen molar-refractivity contribution in [2.45, 2.75) is 30.7 Å². The Bertz CT molecular complexity index is 970. The molecule has 1 saturated heterocycles. The molecule has 3 N–H and O–H groups in total. The largest absolute Gasteiger partial charge is 0.479 e. The van der Waals surface area contributed by atoms with Crippen LogP contribution in [0.15, 0.2) is 48.5 Å². The number of carboxylic acids is 1. The van der Waals surface area contributed by atoms with Gasteiger partial charge in [-0.1, -0.05) is 48.5 Å². The molecule has 0 bridgehead atoms. The van der Waals surface area contributed by atoms with Crippen LogP contribution in [0.3, 0.4) is 0 Å². The first-order valence-corrected chi connectivity index (χ1v) is 10.7. The molecule has 2 amide bonds. The molecule has 0 aromatic heterocycles. The molecule has 2 aliphatic rings. The maximum absolute atomic E-state index is 12.2. The Morgan fingerprint density at radius 1 is 1.06 bits per heavy atom. The summed E-state index contributed by atoms with van der Waals surface area (Å²) in [5, 5.41) is 14.6. The first-order valence-electron chi connectivity index (χ1n) is 10.7. The van der Waals surface area contributed by atoms with Crippen LogP contribution in [0.5, 0.6) is 0 Å². The van der Waals surface area contributed by atoms with Crippen molar-refractivity contribution in [3.05, 3.63) is 59.7 Å². The van der Waals surface area contributed by atoms with Gasteiger partial charge in [0.25, 0.3) is 0 Å². The first kappa shape index (κ1) is 21.8. The van der Waals surface area contributed by atoms with Crippen molar-refractivity contribution >= 4 is 18.0 Å². The van der Waals surface area contributed by atoms with E-state index in [9.17, 15) is 19.5 Å². The van der Waals surface area contributed by atoms with E-state index in [0.29, 0.717) is 13.0 Å². The minimum absolute atomic E-state index is 0.0141. The average Bonchev–Trinajstić information content (AvgIpc) is 3.39. The van der Waals surface area contributed by atoms with Gasteiger partial charge in [-0.15, -0.1) is 0 Å². The third kappa shape index (κ3) is 4.45. The summed E-state index contributed by atoms with van der Waals surface area (Å²) in [5.74, 6) is -1.49. The lowest BCUT2D eigenvalue weighted by Gasteiger charge is -2.23. The Hall–Kier alpha value is -3.39. The van der Waals surface area contributed by atoms with E-state index < -0.39 is 17.6 Å². The van der Waals surface area contributed by atoms with Crippen LogP contribution < -0.4 is 10.6 Å². The van der Waals surface area contributed by atoms with Crippen molar-refractivity contribution in [2.75, 3.05) is 26.4 Å². The van der Waals surface area contributed by atoms with Crippen molar-refractivity contribution in [3.8, 4) is 11.1 Å². The van der Waals surface area contributed by atoms with Crippen molar-refractivity contribution in [1.29, 1.82) is 0 Å². The topological polar surface area (TPSA) is 114 Å². The fourth-order valence-electron chi connectivity index (χ4n) is 4.30. The second-order valence-corrected chi connectivity index (χ2v) is 8.09. The Morgan fingerprint density at radius 2 is 1.72 bits per heavy atom. The molecule has 2 aromatic rings. The summed E-state index contributed by atoms with van der Waals surface area (Å²) in [6.07, 6.45) is 0.163. The van der Waals surface area contributed by atoms with Crippen molar-refractivity contribution in [1.82, 2.24) is 10.6 Å². The van der Waals surface area contributed by atoms with E-state index in [4.69, 9.17) is 9.47 Å². The lowest BCUT2D eigenvalue weighted by Crippen LogP contribution is -2.55. The maximum atomic E-state index is 12.2. The van der Waals surface area contributed by atoms with E-state index in [-0.39, 0.29) is 44.4 Å². The number of hydrogen-bond donors (Lipinski definition) is 3.